The summed E-state index contributed by atoms with van der Waals surface area (Å²) in [7, 11) is -3.20. The largest absolute Gasteiger partial charge is 0.508 e. The predicted octanol–water partition coefficient (Wildman–Crippen LogP) is 1.75. The molecule has 2 N–H and O–H groups in total. The fraction of sp³-hybridized carbons (Fsp3) is 0.500. The van der Waals surface area contributed by atoms with E-state index in [-0.39, 0.29) is 17.5 Å². The molecule has 0 spiro atoms. The first-order valence-corrected chi connectivity index (χ1v) is 7.39. The van der Waals surface area contributed by atoms with Crippen molar-refractivity contribution in [2.45, 2.75) is 37.5 Å². The van der Waals surface area contributed by atoms with Gasteiger partial charge in [-0.15, -0.1) is 0 Å². The molecule has 1 aliphatic carbocycles. The number of sulfonamides is 1. The van der Waals surface area contributed by atoms with Gasteiger partial charge in [-0.2, -0.15) is 0 Å². The second-order valence-corrected chi connectivity index (χ2v) is 6.49. The minimum absolute atomic E-state index is 0.155. The van der Waals surface area contributed by atoms with Gasteiger partial charge in [0.25, 0.3) is 0 Å². The Morgan fingerprint density at radius 1 is 1.29 bits per heavy atom. The quantitative estimate of drug-likeness (QED) is 0.861. The summed E-state index contributed by atoms with van der Waals surface area (Å²) in [6.45, 7) is 0.243. The van der Waals surface area contributed by atoms with Gasteiger partial charge in [0, 0.05) is 6.54 Å². The summed E-state index contributed by atoms with van der Waals surface area (Å²) in [6.07, 6.45) is 3.51. The lowest BCUT2D eigenvalue weighted by atomic mass is 10.2. The molecule has 0 unspecified atom stereocenters. The molecule has 0 atom stereocenters. The van der Waals surface area contributed by atoms with E-state index in [0.717, 1.165) is 31.2 Å². The molecule has 0 heterocycles. The lowest BCUT2D eigenvalue weighted by molar-refractivity contribution is 0.474. The average Bonchev–Trinajstić information content (AvgIpc) is 2.81. The summed E-state index contributed by atoms with van der Waals surface area (Å²) in [5.41, 5.74) is 0.770. The fourth-order valence-electron chi connectivity index (χ4n) is 2.17. The van der Waals surface area contributed by atoms with Crippen LogP contribution in [0.15, 0.2) is 24.3 Å². The zero-order valence-electron chi connectivity index (χ0n) is 9.59. The van der Waals surface area contributed by atoms with Gasteiger partial charge in [0.05, 0.1) is 5.25 Å². The molecule has 0 amide bonds. The Morgan fingerprint density at radius 3 is 2.65 bits per heavy atom. The number of hydrogen-bond donors (Lipinski definition) is 2. The van der Waals surface area contributed by atoms with Crippen molar-refractivity contribution in [1.82, 2.24) is 4.72 Å². The first-order chi connectivity index (χ1) is 8.08. The second-order valence-electron chi connectivity index (χ2n) is 4.44. The van der Waals surface area contributed by atoms with Crippen LogP contribution in [0.3, 0.4) is 0 Å². The summed E-state index contributed by atoms with van der Waals surface area (Å²) in [4.78, 5) is 0. The lowest BCUT2D eigenvalue weighted by Crippen LogP contribution is -2.32. The standard InChI is InChI=1S/C12H17NO3S/c14-11-5-3-4-10(8-11)9-13-17(15,16)12-6-1-2-7-12/h3-5,8,12-14H,1-2,6-7,9H2. The first kappa shape index (κ1) is 12.4. The molecule has 0 aromatic heterocycles. The summed E-state index contributed by atoms with van der Waals surface area (Å²) in [6, 6.07) is 6.62. The van der Waals surface area contributed by atoms with Gasteiger partial charge in [-0.25, -0.2) is 13.1 Å². The van der Waals surface area contributed by atoms with Crippen molar-refractivity contribution < 1.29 is 13.5 Å². The molecule has 4 nitrogen and oxygen atoms in total. The van der Waals surface area contributed by atoms with E-state index < -0.39 is 10.0 Å². The Kier molecular flexibility index (Phi) is 3.69. The Bertz CT molecular complexity index is 478. The maximum atomic E-state index is 11.9. The van der Waals surface area contributed by atoms with Crippen LogP contribution in [0.4, 0.5) is 0 Å². The number of rotatable bonds is 4. The Balaban J connectivity index is 1.97. The third-order valence-corrected chi connectivity index (χ3v) is 5.02. The number of hydrogen-bond acceptors (Lipinski definition) is 3. The van der Waals surface area contributed by atoms with E-state index in [0.29, 0.717) is 0 Å². The topological polar surface area (TPSA) is 66.4 Å². The van der Waals surface area contributed by atoms with Crippen LogP contribution in [0.5, 0.6) is 5.75 Å². The highest BCUT2D eigenvalue weighted by Gasteiger charge is 2.28. The van der Waals surface area contributed by atoms with E-state index in [1.165, 1.54) is 0 Å². The highest BCUT2D eigenvalue weighted by atomic mass is 32.2. The lowest BCUT2D eigenvalue weighted by Gasteiger charge is -2.12. The Morgan fingerprint density at radius 2 is 2.00 bits per heavy atom. The molecule has 0 aliphatic heterocycles. The van der Waals surface area contributed by atoms with Crippen LogP contribution in [0.1, 0.15) is 31.2 Å². The highest BCUT2D eigenvalue weighted by Crippen LogP contribution is 2.24. The molecule has 1 aromatic carbocycles. The third kappa shape index (κ3) is 3.20. The van der Waals surface area contributed by atoms with Crippen LogP contribution < -0.4 is 4.72 Å². The van der Waals surface area contributed by atoms with E-state index in [4.69, 9.17) is 0 Å². The van der Waals surface area contributed by atoms with Gasteiger partial charge < -0.3 is 5.11 Å². The molecule has 0 bridgehead atoms. The average molecular weight is 255 g/mol. The minimum Gasteiger partial charge on any atom is -0.508 e. The van der Waals surface area contributed by atoms with Crippen molar-refractivity contribution in [3.05, 3.63) is 29.8 Å². The fourth-order valence-corrected chi connectivity index (χ4v) is 3.72. The summed E-state index contributed by atoms with van der Waals surface area (Å²) in [5.74, 6) is 0.155. The minimum atomic E-state index is -3.20. The van der Waals surface area contributed by atoms with Gasteiger partial charge in [0.1, 0.15) is 5.75 Å². The summed E-state index contributed by atoms with van der Waals surface area (Å²) < 4.78 is 26.4. The molecular formula is C12H17NO3S. The number of nitrogens with one attached hydrogen (secondary N) is 1. The summed E-state index contributed by atoms with van der Waals surface area (Å²) in [5, 5.41) is 9.04. The number of aromatic hydroxyl groups is 1. The first-order valence-electron chi connectivity index (χ1n) is 5.84. The molecule has 1 fully saturated rings. The predicted molar refractivity (Wildman–Crippen MR) is 66.1 cm³/mol. The molecule has 17 heavy (non-hydrogen) atoms. The van der Waals surface area contributed by atoms with Crippen LogP contribution in [-0.2, 0) is 16.6 Å². The zero-order valence-corrected chi connectivity index (χ0v) is 10.4. The molecule has 1 aliphatic rings. The van der Waals surface area contributed by atoms with Crippen LogP contribution in [0.2, 0.25) is 0 Å². The monoisotopic (exact) mass is 255 g/mol. The van der Waals surface area contributed by atoms with Gasteiger partial charge in [0.2, 0.25) is 10.0 Å². The second kappa shape index (κ2) is 5.06. The Labute approximate surface area is 102 Å². The van der Waals surface area contributed by atoms with Gasteiger partial charge in [-0.1, -0.05) is 25.0 Å². The van der Waals surface area contributed by atoms with E-state index in [2.05, 4.69) is 4.72 Å². The molecule has 0 radical (unpaired) electrons. The van der Waals surface area contributed by atoms with Crippen molar-refractivity contribution in [3.8, 4) is 5.75 Å². The van der Waals surface area contributed by atoms with Crippen molar-refractivity contribution in [3.63, 3.8) is 0 Å². The number of phenolic OH excluding ortho intramolecular Hbond substituents is 1. The van der Waals surface area contributed by atoms with Crippen molar-refractivity contribution >= 4 is 10.0 Å². The van der Waals surface area contributed by atoms with Crippen LogP contribution in [0, 0.1) is 0 Å². The third-order valence-electron chi connectivity index (χ3n) is 3.13. The molecule has 1 saturated carbocycles. The van der Waals surface area contributed by atoms with Crippen molar-refractivity contribution in [2.75, 3.05) is 0 Å². The SMILES string of the molecule is O=S(=O)(NCc1cccc(O)c1)C1CCCC1. The Hall–Kier alpha value is -1.07. The van der Waals surface area contributed by atoms with Gasteiger partial charge in [-0.3, -0.25) is 0 Å². The zero-order chi connectivity index (χ0) is 12.3. The van der Waals surface area contributed by atoms with Gasteiger partial charge in [0.15, 0.2) is 0 Å². The molecule has 0 saturated heterocycles. The number of benzene rings is 1. The highest BCUT2D eigenvalue weighted by molar-refractivity contribution is 7.90. The maximum absolute atomic E-state index is 11.9. The smallest absolute Gasteiger partial charge is 0.214 e. The van der Waals surface area contributed by atoms with Crippen LogP contribution >= 0.6 is 0 Å². The van der Waals surface area contributed by atoms with E-state index >= 15 is 0 Å². The molecule has 2 rings (SSSR count). The van der Waals surface area contributed by atoms with E-state index in [9.17, 15) is 13.5 Å². The van der Waals surface area contributed by atoms with Gasteiger partial charge in [-0.05, 0) is 30.5 Å². The van der Waals surface area contributed by atoms with E-state index in [1.807, 2.05) is 0 Å². The summed E-state index contributed by atoms with van der Waals surface area (Å²) >= 11 is 0. The van der Waals surface area contributed by atoms with Gasteiger partial charge >= 0.3 is 0 Å². The maximum Gasteiger partial charge on any atom is 0.214 e. The normalized spacial score (nSPS) is 17.4. The molecule has 5 heteroatoms. The molecule has 94 valence electrons. The van der Waals surface area contributed by atoms with Crippen LogP contribution in [0.25, 0.3) is 0 Å². The molecular weight excluding hydrogens is 238 g/mol. The van der Waals surface area contributed by atoms with Crippen molar-refractivity contribution in [1.29, 1.82) is 0 Å². The number of phenols is 1. The molecule has 1 aromatic rings. The van der Waals surface area contributed by atoms with Crippen molar-refractivity contribution in [2.24, 2.45) is 0 Å². The van der Waals surface area contributed by atoms with Crippen LogP contribution in [-0.4, -0.2) is 18.8 Å². The van der Waals surface area contributed by atoms with E-state index in [1.54, 1.807) is 24.3 Å².